The molecule has 120 valence electrons. The third-order valence-electron chi connectivity index (χ3n) is 3.32. The molecule has 5 heteroatoms. The van der Waals surface area contributed by atoms with Crippen molar-refractivity contribution in [3.63, 3.8) is 0 Å². The van der Waals surface area contributed by atoms with E-state index in [4.69, 9.17) is 4.74 Å². The summed E-state index contributed by atoms with van der Waals surface area (Å²) < 4.78 is 5.65. The molecule has 1 heterocycles. The number of hydrogen-bond donors (Lipinski definition) is 1. The van der Waals surface area contributed by atoms with Crippen LogP contribution in [0.5, 0.6) is 5.88 Å². The normalized spacial score (nSPS) is 11.2. The van der Waals surface area contributed by atoms with Crippen LogP contribution >= 0.6 is 0 Å². The van der Waals surface area contributed by atoms with Gasteiger partial charge < -0.3 is 15.0 Å². The van der Waals surface area contributed by atoms with Crippen molar-refractivity contribution < 1.29 is 4.74 Å². The van der Waals surface area contributed by atoms with Crippen molar-refractivity contribution in [2.45, 2.75) is 47.0 Å². The van der Waals surface area contributed by atoms with E-state index in [9.17, 15) is 0 Å². The lowest BCUT2D eigenvalue weighted by Crippen LogP contribution is -2.28. The Kier molecular flexibility index (Phi) is 8.05. The quantitative estimate of drug-likeness (QED) is 0.718. The largest absolute Gasteiger partial charge is 0.478 e. The highest BCUT2D eigenvalue weighted by atomic mass is 16.5. The van der Waals surface area contributed by atoms with Crippen LogP contribution in [-0.4, -0.2) is 47.7 Å². The van der Waals surface area contributed by atoms with Gasteiger partial charge in [-0.3, -0.25) is 0 Å². The van der Waals surface area contributed by atoms with Crippen LogP contribution in [0.3, 0.4) is 0 Å². The van der Waals surface area contributed by atoms with Crippen molar-refractivity contribution in [1.82, 2.24) is 14.9 Å². The van der Waals surface area contributed by atoms with Gasteiger partial charge in [-0.2, -0.15) is 4.98 Å². The first kappa shape index (κ1) is 17.7. The Labute approximate surface area is 129 Å². The molecule has 0 aromatic carbocycles. The first-order chi connectivity index (χ1) is 10.1. The SMILES string of the molecule is CCCOc1cc(NCCN(CC)CC)nc(C(C)C)n1. The van der Waals surface area contributed by atoms with Gasteiger partial charge in [0.2, 0.25) is 5.88 Å². The second-order valence-electron chi connectivity index (χ2n) is 5.41. The van der Waals surface area contributed by atoms with E-state index < -0.39 is 0 Å². The molecule has 1 rings (SSSR count). The first-order valence-electron chi connectivity index (χ1n) is 8.08. The molecule has 21 heavy (non-hydrogen) atoms. The molecule has 0 bridgehead atoms. The summed E-state index contributed by atoms with van der Waals surface area (Å²) in [5.74, 6) is 2.64. The smallest absolute Gasteiger partial charge is 0.218 e. The van der Waals surface area contributed by atoms with E-state index in [1.54, 1.807) is 0 Å². The molecule has 0 unspecified atom stereocenters. The average Bonchev–Trinajstić information content (AvgIpc) is 2.49. The second kappa shape index (κ2) is 9.55. The summed E-state index contributed by atoms with van der Waals surface area (Å²) in [5, 5.41) is 3.38. The lowest BCUT2D eigenvalue weighted by molar-refractivity contribution is 0.303. The van der Waals surface area contributed by atoms with Crippen LogP contribution in [0.4, 0.5) is 5.82 Å². The predicted molar refractivity (Wildman–Crippen MR) is 88.2 cm³/mol. The maximum Gasteiger partial charge on any atom is 0.218 e. The van der Waals surface area contributed by atoms with Gasteiger partial charge in [0.15, 0.2) is 0 Å². The molecule has 0 fully saturated rings. The van der Waals surface area contributed by atoms with Crippen molar-refractivity contribution in [2.75, 3.05) is 38.1 Å². The summed E-state index contributed by atoms with van der Waals surface area (Å²) in [4.78, 5) is 11.4. The highest BCUT2D eigenvalue weighted by Crippen LogP contribution is 2.18. The van der Waals surface area contributed by atoms with Crippen molar-refractivity contribution in [1.29, 1.82) is 0 Å². The van der Waals surface area contributed by atoms with Crippen LogP contribution in [0, 0.1) is 0 Å². The molecule has 0 radical (unpaired) electrons. The van der Waals surface area contributed by atoms with E-state index in [0.717, 1.165) is 44.2 Å². The summed E-state index contributed by atoms with van der Waals surface area (Å²) in [7, 11) is 0. The molecule has 1 aromatic heterocycles. The Hall–Kier alpha value is -1.36. The molecule has 0 saturated heterocycles. The summed E-state index contributed by atoms with van der Waals surface area (Å²) >= 11 is 0. The Balaban J connectivity index is 2.68. The molecule has 0 amide bonds. The van der Waals surface area contributed by atoms with Gasteiger partial charge in [0.05, 0.1) is 6.61 Å². The van der Waals surface area contributed by atoms with Crippen LogP contribution in [0.1, 0.15) is 52.8 Å². The predicted octanol–water partition coefficient (Wildman–Crippen LogP) is 3.14. The lowest BCUT2D eigenvalue weighted by atomic mass is 10.2. The van der Waals surface area contributed by atoms with Crippen molar-refractivity contribution >= 4 is 5.82 Å². The van der Waals surface area contributed by atoms with Crippen molar-refractivity contribution in [3.05, 3.63) is 11.9 Å². The number of nitrogens with zero attached hydrogens (tertiary/aromatic N) is 3. The number of likely N-dealkylation sites (N-methyl/N-ethyl adjacent to an activating group) is 1. The van der Waals surface area contributed by atoms with E-state index in [-0.39, 0.29) is 0 Å². The average molecular weight is 294 g/mol. The van der Waals surface area contributed by atoms with E-state index in [2.05, 4.69) is 54.8 Å². The third kappa shape index (κ3) is 6.29. The summed E-state index contributed by atoms with van der Waals surface area (Å²) in [5.41, 5.74) is 0. The van der Waals surface area contributed by atoms with Gasteiger partial charge in [0.25, 0.3) is 0 Å². The van der Waals surface area contributed by atoms with Crippen LogP contribution in [0.15, 0.2) is 6.07 Å². The Morgan fingerprint density at radius 1 is 1.19 bits per heavy atom. The van der Waals surface area contributed by atoms with Gasteiger partial charge in [-0.15, -0.1) is 0 Å². The Bertz CT molecular complexity index is 405. The van der Waals surface area contributed by atoms with E-state index in [1.165, 1.54) is 0 Å². The maximum atomic E-state index is 5.65. The number of rotatable bonds is 10. The fourth-order valence-electron chi connectivity index (χ4n) is 1.95. The van der Waals surface area contributed by atoms with Crippen molar-refractivity contribution in [3.8, 4) is 5.88 Å². The van der Waals surface area contributed by atoms with Crippen LogP contribution in [0.2, 0.25) is 0 Å². The van der Waals surface area contributed by atoms with Gasteiger partial charge in [-0.1, -0.05) is 34.6 Å². The van der Waals surface area contributed by atoms with E-state index in [1.807, 2.05) is 6.07 Å². The van der Waals surface area contributed by atoms with Gasteiger partial charge >= 0.3 is 0 Å². The molecule has 1 aromatic rings. The van der Waals surface area contributed by atoms with Crippen molar-refractivity contribution in [2.24, 2.45) is 0 Å². The third-order valence-corrected chi connectivity index (χ3v) is 3.32. The topological polar surface area (TPSA) is 50.3 Å². The molecule has 5 nitrogen and oxygen atoms in total. The minimum absolute atomic E-state index is 0.290. The zero-order valence-electron chi connectivity index (χ0n) is 14.1. The van der Waals surface area contributed by atoms with Crippen LogP contribution in [-0.2, 0) is 0 Å². The number of ether oxygens (including phenoxy) is 1. The highest BCUT2D eigenvalue weighted by molar-refractivity contribution is 5.38. The fourth-order valence-corrected chi connectivity index (χ4v) is 1.95. The zero-order chi connectivity index (χ0) is 15.7. The van der Waals surface area contributed by atoms with E-state index in [0.29, 0.717) is 18.4 Å². The van der Waals surface area contributed by atoms with E-state index >= 15 is 0 Å². The molecular weight excluding hydrogens is 264 g/mol. The fraction of sp³-hybridized carbons (Fsp3) is 0.750. The minimum atomic E-state index is 0.290. The summed E-state index contributed by atoms with van der Waals surface area (Å²) in [6, 6.07) is 1.89. The Morgan fingerprint density at radius 2 is 1.90 bits per heavy atom. The molecule has 0 saturated carbocycles. The molecule has 0 atom stereocenters. The highest BCUT2D eigenvalue weighted by Gasteiger charge is 2.09. The first-order valence-corrected chi connectivity index (χ1v) is 8.08. The zero-order valence-corrected chi connectivity index (χ0v) is 14.1. The van der Waals surface area contributed by atoms with Gasteiger partial charge in [0, 0.05) is 25.1 Å². The number of nitrogens with one attached hydrogen (secondary N) is 1. The summed E-state index contributed by atoms with van der Waals surface area (Å²) in [6.07, 6.45) is 0.978. The van der Waals surface area contributed by atoms with Gasteiger partial charge in [-0.25, -0.2) is 4.98 Å². The minimum Gasteiger partial charge on any atom is -0.478 e. The number of anilines is 1. The molecule has 0 aliphatic carbocycles. The monoisotopic (exact) mass is 294 g/mol. The molecular formula is C16H30N4O. The Morgan fingerprint density at radius 3 is 2.48 bits per heavy atom. The van der Waals surface area contributed by atoms with Gasteiger partial charge in [0.1, 0.15) is 11.6 Å². The number of hydrogen-bond acceptors (Lipinski definition) is 5. The molecule has 0 spiro atoms. The second-order valence-corrected chi connectivity index (χ2v) is 5.41. The van der Waals surface area contributed by atoms with Gasteiger partial charge in [-0.05, 0) is 19.5 Å². The summed E-state index contributed by atoms with van der Waals surface area (Å²) in [6.45, 7) is 15.4. The molecule has 0 aliphatic rings. The maximum absolute atomic E-state index is 5.65. The lowest BCUT2D eigenvalue weighted by Gasteiger charge is -2.18. The number of aromatic nitrogens is 2. The molecule has 1 N–H and O–H groups in total. The standard InChI is InChI=1S/C16H30N4O/c1-6-11-21-15-12-14(18-16(19-15)13(4)5)17-9-10-20(7-2)8-3/h12-13H,6-11H2,1-5H3,(H,17,18,19). The molecule has 0 aliphatic heterocycles. The van der Waals surface area contributed by atoms with Crippen LogP contribution in [0.25, 0.3) is 0 Å². The van der Waals surface area contributed by atoms with Crippen LogP contribution < -0.4 is 10.1 Å².